The number of benzene rings is 1. The minimum absolute atomic E-state index is 0.214. The lowest BCUT2D eigenvalue weighted by Crippen LogP contribution is -2.36. The molecular weight excluding hydrogens is 262 g/mol. The van der Waals surface area contributed by atoms with Gasteiger partial charge in [-0.05, 0) is 56.3 Å². The van der Waals surface area contributed by atoms with Crippen LogP contribution in [0.2, 0.25) is 0 Å². The van der Waals surface area contributed by atoms with Crippen molar-refractivity contribution in [3.05, 3.63) is 35.9 Å². The van der Waals surface area contributed by atoms with Gasteiger partial charge in [0.2, 0.25) is 0 Å². The highest BCUT2D eigenvalue weighted by Crippen LogP contribution is 2.24. The molecule has 2 rings (SSSR count). The Hall–Kier alpha value is -1.35. The van der Waals surface area contributed by atoms with Crippen LogP contribution in [0.1, 0.15) is 43.5 Å². The molecule has 0 N–H and O–H groups in total. The van der Waals surface area contributed by atoms with E-state index in [0.29, 0.717) is 12.2 Å². The van der Waals surface area contributed by atoms with E-state index in [-0.39, 0.29) is 5.97 Å². The normalized spacial score (nSPS) is 17.1. The number of ether oxygens (including phenoxy) is 1. The first-order valence-electron chi connectivity index (χ1n) is 8.11. The summed E-state index contributed by atoms with van der Waals surface area (Å²) in [6.07, 6.45) is 3.54. The van der Waals surface area contributed by atoms with Crippen LogP contribution in [0.4, 0.5) is 0 Å². The first-order chi connectivity index (χ1) is 10.2. The zero-order chi connectivity index (χ0) is 15.1. The van der Waals surface area contributed by atoms with Gasteiger partial charge in [0, 0.05) is 6.54 Å². The molecule has 1 aliphatic rings. The highest BCUT2D eigenvalue weighted by molar-refractivity contribution is 5.89. The summed E-state index contributed by atoms with van der Waals surface area (Å²) in [6.45, 7) is 8.57. The van der Waals surface area contributed by atoms with Gasteiger partial charge in [-0.1, -0.05) is 32.0 Å². The molecule has 116 valence electrons. The molecule has 0 aliphatic carbocycles. The maximum Gasteiger partial charge on any atom is 0.338 e. The highest BCUT2D eigenvalue weighted by atomic mass is 16.5. The quantitative estimate of drug-likeness (QED) is 0.592. The molecule has 3 nitrogen and oxygen atoms in total. The minimum Gasteiger partial charge on any atom is -0.462 e. The summed E-state index contributed by atoms with van der Waals surface area (Å²) in [5, 5.41) is 0. The van der Waals surface area contributed by atoms with Gasteiger partial charge in [-0.3, -0.25) is 0 Å². The predicted molar refractivity (Wildman–Crippen MR) is 85.3 cm³/mol. The van der Waals surface area contributed by atoms with Crippen LogP contribution in [0.5, 0.6) is 0 Å². The third kappa shape index (κ3) is 5.16. The summed E-state index contributed by atoms with van der Waals surface area (Å²) in [5.41, 5.74) is 0.634. The molecule has 1 heterocycles. The number of hydrogen-bond donors (Lipinski definition) is 0. The lowest BCUT2D eigenvalue weighted by atomic mass is 9.87. The molecule has 1 aliphatic heterocycles. The molecule has 0 atom stereocenters. The number of nitrogens with zero attached hydrogens (tertiary/aromatic N) is 1. The van der Waals surface area contributed by atoms with E-state index in [4.69, 9.17) is 4.74 Å². The van der Waals surface area contributed by atoms with Crippen molar-refractivity contribution in [3.63, 3.8) is 0 Å². The summed E-state index contributed by atoms with van der Waals surface area (Å²) in [6, 6.07) is 9.19. The maximum atomic E-state index is 11.8. The Bertz CT molecular complexity index is 422. The smallest absolute Gasteiger partial charge is 0.338 e. The fourth-order valence-electron chi connectivity index (χ4n) is 2.95. The summed E-state index contributed by atoms with van der Waals surface area (Å²) in [4.78, 5) is 14.3. The van der Waals surface area contributed by atoms with E-state index in [9.17, 15) is 4.79 Å². The first-order valence-corrected chi connectivity index (χ1v) is 8.11. The summed E-state index contributed by atoms with van der Waals surface area (Å²) >= 11 is 0. The van der Waals surface area contributed by atoms with Crippen LogP contribution < -0.4 is 0 Å². The monoisotopic (exact) mass is 289 g/mol. The van der Waals surface area contributed by atoms with Crippen LogP contribution in [0.3, 0.4) is 0 Å². The SMILES string of the molecule is CC(C)C1CCN(CCCOC(=O)c2ccccc2)CC1. The maximum absolute atomic E-state index is 11.8. The number of likely N-dealkylation sites (tertiary alicyclic amines) is 1. The van der Waals surface area contributed by atoms with Gasteiger partial charge in [0.25, 0.3) is 0 Å². The average Bonchev–Trinajstić information content (AvgIpc) is 2.52. The van der Waals surface area contributed by atoms with Gasteiger partial charge < -0.3 is 9.64 Å². The number of carbonyl (C=O) groups excluding carboxylic acids is 1. The lowest BCUT2D eigenvalue weighted by molar-refractivity contribution is 0.0480. The van der Waals surface area contributed by atoms with Crippen LogP contribution in [0, 0.1) is 11.8 Å². The Morgan fingerprint density at radius 1 is 1.24 bits per heavy atom. The third-order valence-corrected chi connectivity index (χ3v) is 4.44. The second-order valence-corrected chi connectivity index (χ2v) is 6.28. The molecule has 1 aromatic carbocycles. The van der Waals surface area contributed by atoms with Gasteiger partial charge in [0.05, 0.1) is 12.2 Å². The molecule has 0 unspecified atom stereocenters. The topological polar surface area (TPSA) is 29.5 Å². The Kier molecular flexibility index (Phi) is 6.24. The Morgan fingerprint density at radius 2 is 1.90 bits per heavy atom. The van der Waals surface area contributed by atoms with E-state index in [2.05, 4.69) is 18.7 Å². The molecule has 0 bridgehead atoms. The molecule has 1 fully saturated rings. The molecule has 0 saturated carbocycles. The van der Waals surface area contributed by atoms with E-state index < -0.39 is 0 Å². The van der Waals surface area contributed by atoms with E-state index in [1.54, 1.807) is 12.1 Å². The Balaban J connectivity index is 1.59. The number of carbonyl (C=O) groups is 1. The zero-order valence-electron chi connectivity index (χ0n) is 13.3. The number of piperidine rings is 1. The molecule has 0 amide bonds. The molecule has 1 aromatic rings. The molecule has 0 spiro atoms. The van der Waals surface area contributed by atoms with Gasteiger partial charge in [-0.15, -0.1) is 0 Å². The van der Waals surface area contributed by atoms with Gasteiger partial charge in [0.15, 0.2) is 0 Å². The third-order valence-electron chi connectivity index (χ3n) is 4.44. The number of esters is 1. The van der Waals surface area contributed by atoms with E-state index >= 15 is 0 Å². The number of hydrogen-bond acceptors (Lipinski definition) is 3. The summed E-state index contributed by atoms with van der Waals surface area (Å²) in [5.74, 6) is 1.48. The van der Waals surface area contributed by atoms with Crippen molar-refractivity contribution in [1.29, 1.82) is 0 Å². The Morgan fingerprint density at radius 3 is 2.52 bits per heavy atom. The van der Waals surface area contributed by atoms with Crippen molar-refractivity contribution < 1.29 is 9.53 Å². The fraction of sp³-hybridized carbons (Fsp3) is 0.611. The molecule has 0 radical (unpaired) electrons. The van der Waals surface area contributed by atoms with E-state index in [0.717, 1.165) is 24.8 Å². The zero-order valence-corrected chi connectivity index (χ0v) is 13.3. The van der Waals surface area contributed by atoms with Gasteiger partial charge in [-0.25, -0.2) is 4.79 Å². The van der Waals surface area contributed by atoms with E-state index in [1.165, 1.54) is 25.9 Å². The van der Waals surface area contributed by atoms with Gasteiger partial charge in [0.1, 0.15) is 0 Å². The van der Waals surface area contributed by atoms with Crippen LogP contribution in [0.25, 0.3) is 0 Å². The van der Waals surface area contributed by atoms with Crippen molar-refractivity contribution in [2.24, 2.45) is 11.8 Å². The number of rotatable bonds is 6. The predicted octanol–water partition coefficient (Wildman–Crippen LogP) is 3.60. The van der Waals surface area contributed by atoms with Crippen molar-refractivity contribution >= 4 is 5.97 Å². The fourth-order valence-corrected chi connectivity index (χ4v) is 2.95. The molecular formula is C18H27NO2. The molecule has 3 heteroatoms. The molecule has 0 aromatic heterocycles. The summed E-state index contributed by atoms with van der Waals surface area (Å²) < 4.78 is 5.31. The second kappa shape index (κ2) is 8.18. The van der Waals surface area contributed by atoms with E-state index in [1.807, 2.05) is 18.2 Å². The summed E-state index contributed by atoms with van der Waals surface area (Å²) in [7, 11) is 0. The Labute approximate surface area is 128 Å². The van der Waals surface area contributed by atoms with Crippen molar-refractivity contribution in [1.82, 2.24) is 4.90 Å². The lowest BCUT2D eigenvalue weighted by Gasteiger charge is -2.33. The highest BCUT2D eigenvalue weighted by Gasteiger charge is 2.21. The van der Waals surface area contributed by atoms with Crippen molar-refractivity contribution in [3.8, 4) is 0 Å². The largest absolute Gasteiger partial charge is 0.462 e. The average molecular weight is 289 g/mol. The first kappa shape index (κ1) is 16.0. The van der Waals surface area contributed by atoms with Crippen molar-refractivity contribution in [2.45, 2.75) is 33.1 Å². The van der Waals surface area contributed by atoms with Crippen LogP contribution in [0.15, 0.2) is 30.3 Å². The van der Waals surface area contributed by atoms with Crippen LogP contribution in [-0.2, 0) is 4.74 Å². The van der Waals surface area contributed by atoms with Gasteiger partial charge >= 0.3 is 5.97 Å². The molecule has 21 heavy (non-hydrogen) atoms. The molecule has 1 saturated heterocycles. The van der Waals surface area contributed by atoms with Gasteiger partial charge in [-0.2, -0.15) is 0 Å². The van der Waals surface area contributed by atoms with Crippen LogP contribution in [-0.4, -0.2) is 37.1 Å². The van der Waals surface area contributed by atoms with Crippen molar-refractivity contribution in [2.75, 3.05) is 26.2 Å². The second-order valence-electron chi connectivity index (χ2n) is 6.28. The standard InChI is InChI=1S/C18H27NO2/c1-15(2)16-9-12-19(13-10-16)11-6-14-21-18(20)17-7-4-3-5-8-17/h3-5,7-8,15-16H,6,9-14H2,1-2H3. The minimum atomic E-state index is -0.214. The van der Waals surface area contributed by atoms with Crippen LogP contribution >= 0.6 is 0 Å².